The number of ether oxygens (including phenoxy) is 1. The number of methoxy groups -OCH3 is 1. The third-order valence-corrected chi connectivity index (χ3v) is 5.79. The first kappa shape index (κ1) is 17.5. The summed E-state index contributed by atoms with van der Waals surface area (Å²) in [7, 11) is -2.59. The molecule has 0 radical (unpaired) electrons. The van der Waals surface area contributed by atoms with Crippen LogP contribution in [0.4, 0.5) is 4.39 Å². The van der Waals surface area contributed by atoms with Crippen molar-refractivity contribution in [1.29, 1.82) is 0 Å². The Balaban J connectivity index is 1.81. The van der Waals surface area contributed by atoms with E-state index in [4.69, 9.17) is 4.74 Å². The Bertz CT molecular complexity index is 973. The molecule has 3 aromatic rings. The molecule has 3 rings (SSSR count). The summed E-state index contributed by atoms with van der Waals surface area (Å²) in [5.41, 5.74) is 1.52. The largest absolute Gasteiger partial charge is 0.495 e. The van der Waals surface area contributed by atoms with E-state index in [0.717, 1.165) is 28.3 Å². The smallest absolute Gasteiger partial charge is 0.244 e. The van der Waals surface area contributed by atoms with Crippen molar-refractivity contribution >= 4 is 21.4 Å². The molecule has 0 amide bonds. The van der Waals surface area contributed by atoms with Crippen molar-refractivity contribution < 1.29 is 17.5 Å². The fourth-order valence-electron chi connectivity index (χ4n) is 2.26. The quantitative estimate of drug-likeness (QED) is 0.713. The van der Waals surface area contributed by atoms with Gasteiger partial charge in [-0.25, -0.2) is 17.5 Å². The van der Waals surface area contributed by atoms with Crippen LogP contribution in [0.5, 0.6) is 5.75 Å². The fraction of sp³-hybridized carbons (Fsp3) is 0.118. The lowest BCUT2D eigenvalue weighted by molar-refractivity contribution is 0.400. The second-order valence-electron chi connectivity index (χ2n) is 5.15. The van der Waals surface area contributed by atoms with Crippen LogP contribution in [0.1, 0.15) is 5.56 Å². The number of benzene rings is 1. The van der Waals surface area contributed by atoms with E-state index in [0.29, 0.717) is 0 Å². The van der Waals surface area contributed by atoms with Crippen LogP contribution < -0.4 is 9.46 Å². The molecule has 2 aromatic heterocycles. The molecule has 0 saturated heterocycles. The number of thiophene rings is 1. The highest BCUT2D eigenvalue weighted by Crippen LogP contribution is 2.25. The monoisotopic (exact) mass is 378 g/mol. The van der Waals surface area contributed by atoms with Crippen LogP contribution in [-0.4, -0.2) is 20.5 Å². The van der Waals surface area contributed by atoms with Crippen molar-refractivity contribution in [1.82, 2.24) is 9.71 Å². The first-order valence-electron chi connectivity index (χ1n) is 7.31. The molecule has 0 saturated carbocycles. The zero-order valence-corrected chi connectivity index (χ0v) is 14.9. The van der Waals surface area contributed by atoms with Gasteiger partial charge in [0, 0.05) is 12.7 Å². The third kappa shape index (κ3) is 4.04. The van der Waals surface area contributed by atoms with Crippen LogP contribution in [0.15, 0.2) is 58.9 Å². The Morgan fingerprint density at radius 3 is 2.80 bits per heavy atom. The average Bonchev–Trinajstić information content (AvgIpc) is 3.15. The average molecular weight is 378 g/mol. The van der Waals surface area contributed by atoms with E-state index in [9.17, 15) is 12.8 Å². The fourth-order valence-corrected chi connectivity index (χ4v) is 4.15. The van der Waals surface area contributed by atoms with Crippen LogP contribution in [-0.2, 0) is 16.6 Å². The number of nitrogens with zero attached hydrogens (tertiary/aromatic N) is 1. The molecule has 0 aliphatic carbocycles. The molecule has 2 heterocycles. The minimum atomic E-state index is -3.92. The number of pyridine rings is 1. The van der Waals surface area contributed by atoms with E-state index in [-0.39, 0.29) is 17.2 Å². The van der Waals surface area contributed by atoms with Gasteiger partial charge >= 0.3 is 0 Å². The van der Waals surface area contributed by atoms with Gasteiger partial charge in [-0.1, -0.05) is 6.07 Å². The van der Waals surface area contributed by atoms with Gasteiger partial charge in [0.05, 0.1) is 17.7 Å². The highest BCUT2D eigenvalue weighted by atomic mass is 32.2. The molecule has 1 N–H and O–H groups in total. The van der Waals surface area contributed by atoms with E-state index in [1.165, 1.54) is 13.2 Å². The van der Waals surface area contributed by atoms with Gasteiger partial charge in [0.1, 0.15) is 16.5 Å². The second kappa shape index (κ2) is 7.30. The van der Waals surface area contributed by atoms with Crippen molar-refractivity contribution in [2.75, 3.05) is 7.11 Å². The maximum Gasteiger partial charge on any atom is 0.244 e. The summed E-state index contributed by atoms with van der Waals surface area (Å²) in [6.45, 7) is 0.0584. The summed E-state index contributed by atoms with van der Waals surface area (Å²) >= 11 is 1.55. The van der Waals surface area contributed by atoms with Crippen LogP contribution in [0.2, 0.25) is 0 Å². The van der Waals surface area contributed by atoms with E-state index in [2.05, 4.69) is 9.71 Å². The van der Waals surface area contributed by atoms with E-state index < -0.39 is 15.8 Å². The summed E-state index contributed by atoms with van der Waals surface area (Å²) in [6, 6.07) is 10.8. The first-order chi connectivity index (χ1) is 12.0. The molecule has 8 heteroatoms. The van der Waals surface area contributed by atoms with Gasteiger partial charge in [-0.05, 0) is 47.3 Å². The highest BCUT2D eigenvalue weighted by molar-refractivity contribution is 7.89. The third-order valence-electron chi connectivity index (χ3n) is 3.48. The minimum Gasteiger partial charge on any atom is -0.495 e. The van der Waals surface area contributed by atoms with Gasteiger partial charge in [0.25, 0.3) is 0 Å². The summed E-state index contributed by atoms with van der Waals surface area (Å²) in [5.74, 6) is -0.562. The molecule has 0 spiro atoms. The first-order valence-corrected chi connectivity index (χ1v) is 9.68. The number of aromatic nitrogens is 1. The van der Waals surface area contributed by atoms with Crippen LogP contribution in [0.3, 0.4) is 0 Å². The lowest BCUT2D eigenvalue weighted by atomic mass is 10.2. The number of hydrogen-bond acceptors (Lipinski definition) is 5. The maximum atomic E-state index is 13.4. The molecule has 0 fully saturated rings. The van der Waals surface area contributed by atoms with Crippen molar-refractivity contribution in [3.05, 3.63) is 65.4 Å². The van der Waals surface area contributed by atoms with E-state index in [1.54, 1.807) is 23.6 Å². The van der Waals surface area contributed by atoms with Crippen LogP contribution in [0.25, 0.3) is 10.6 Å². The molecule has 0 aliphatic rings. The topological polar surface area (TPSA) is 68.3 Å². The summed E-state index contributed by atoms with van der Waals surface area (Å²) in [4.78, 5) is 5.05. The Morgan fingerprint density at radius 2 is 2.08 bits per heavy atom. The van der Waals surface area contributed by atoms with Crippen molar-refractivity contribution in [3.63, 3.8) is 0 Å². The van der Waals surface area contributed by atoms with Gasteiger partial charge in [0.2, 0.25) is 10.0 Å². The Kier molecular flexibility index (Phi) is 5.12. The lowest BCUT2D eigenvalue weighted by Crippen LogP contribution is -2.24. The van der Waals surface area contributed by atoms with Gasteiger partial charge in [0.15, 0.2) is 0 Å². The van der Waals surface area contributed by atoms with Crippen molar-refractivity contribution in [2.45, 2.75) is 11.4 Å². The molecule has 130 valence electrons. The molecular formula is C17H15FN2O3S2. The van der Waals surface area contributed by atoms with Crippen LogP contribution in [0, 0.1) is 5.82 Å². The molecule has 1 aromatic carbocycles. The standard InChI is InChI=1S/C17H15FN2O3S2/c1-23-15-5-4-13(18)10-17(15)25(21,22)20-11-12-6-7-19-14(9-12)16-3-2-8-24-16/h2-10,20H,11H2,1H3. The number of hydrogen-bond donors (Lipinski definition) is 1. The molecular weight excluding hydrogens is 363 g/mol. The molecule has 5 nitrogen and oxygen atoms in total. The minimum absolute atomic E-state index is 0.0584. The predicted octanol–water partition coefficient (Wildman–Crippen LogP) is 3.44. The van der Waals surface area contributed by atoms with Gasteiger partial charge < -0.3 is 4.74 Å². The van der Waals surface area contributed by atoms with Gasteiger partial charge in [-0.3, -0.25) is 4.98 Å². The van der Waals surface area contributed by atoms with Crippen molar-refractivity contribution in [3.8, 4) is 16.3 Å². The summed E-state index contributed by atoms with van der Waals surface area (Å²) in [6.07, 6.45) is 1.63. The normalized spacial score (nSPS) is 11.4. The SMILES string of the molecule is COc1ccc(F)cc1S(=O)(=O)NCc1ccnc(-c2cccs2)c1. The predicted molar refractivity (Wildman–Crippen MR) is 94.5 cm³/mol. The van der Waals surface area contributed by atoms with E-state index >= 15 is 0 Å². The Hall–Kier alpha value is -2.29. The molecule has 0 atom stereocenters. The number of sulfonamides is 1. The lowest BCUT2D eigenvalue weighted by Gasteiger charge is -2.11. The van der Waals surface area contributed by atoms with Gasteiger partial charge in [-0.2, -0.15) is 0 Å². The number of nitrogens with one attached hydrogen (secondary N) is 1. The summed E-state index contributed by atoms with van der Waals surface area (Å²) < 4.78 is 45.9. The van der Waals surface area contributed by atoms with Gasteiger partial charge in [-0.15, -0.1) is 11.3 Å². The Morgan fingerprint density at radius 1 is 1.24 bits per heavy atom. The summed E-state index contributed by atoms with van der Waals surface area (Å²) in [5, 5.41) is 1.95. The molecule has 0 unspecified atom stereocenters. The number of rotatable bonds is 6. The second-order valence-corrected chi connectivity index (χ2v) is 7.83. The molecule has 0 aliphatic heterocycles. The van der Waals surface area contributed by atoms with Crippen molar-refractivity contribution in [2.24, 2.45) is 0 Å². The zero-order valence-electron chi connectivity index (χ0n) is 13.3. The molecule has 0 bridgehead atoms. The maximum absolute atomic E-state index is 13.4. The molecule has 25 heavy (non-hydrogen) atoms. The highest BCUT2D eigenvalue weighted by Gasteiger charge is 2.20. The number of halogens is 1. The zero-order chi connectivity index (χ0) is 17.9. The van der Waals surface area contributed by atoms with Crippen LogP contribution >= 0.6 is 11.3 Å². The van der Waals surface area contributed by atoms with E-state index in [1.807, 2.05) is 23.6 Å². The Labute approximate surface area is 149 Å².